The molecule has 0 heterocycles. The van der Waals surface area contributed by atoms with Crippen molar-refractivity contribution in [2.45, 2.75) is 11.8 Å². The summed E-state index contributed by atoms with van der Waals surface area (Å²) in [6.45, 7) is 1.11. The number of hydrogen-bond acceptors (Lipinski definition) is 4. The Kier molecular flexibility index (Phi) is 6.31. The van der Waals surface area contributed by atoms with Crippen LogP contribution < -0.4 is 14.8 Å². The lowest BCUT2D eigenvalue weighted by Crippen LogP contribution is -2.22. The van der Waals surface area contributed by atoms with E-state index < -0.39 is 39.9 Å². The van der Waals surface area contributed by atoms with Crippen LogP contribution in [0, 0.1) is 18.6 Å². The minimum Gasteiger partial charge on any atom is -0.483 e. The lowest BCUT2D eigenvalue weighted by Gasteiger charge is -2.13. The van der Waals surface area contributed by atoms with E-state index in [-0.39, 0.29) is 10.6 Å². The second-order valence-corrected chi connectivity index (χ2v) is 8.01. The molecule has 6 nitrogen and oxygen atoms in total. The van der Waals surface area contributed by atoms with Gasteiger partial charge in [-0.15, -0.1) is 0 Å². The second-order valence-electron chi connectivity index (χ2n) is 6.33. The van der Waals surface area contributed by atoms with Gasteiger partial charge in [0.05, 0.1) is 4.90 Å². The molecule has 0 aliphatic rings. The fourth-order valence-electron chi connectivity index (χ4n) is 2.61. The van der Waals surface area contributed by atoms with Crippen molar-refractivity contribution in [1.82, 2.24) is 0 Å². The highest BCUT2D eigenvalue weighted by Crippen LogP contribution is 2.24. The number of rotatable bonds is 7. The molecule has 0 radical (unpaired) electrons. The molecule has 3 rings (SSSR count). The highest BCUT2D eigenvalue weighted by molar-refractivity contribution is 7.92. The molecule has 3 aromatic carbocycles. The van der Waals surface area contributed by atoms with Crippen molar-refractivity contribution in [2.75, 3.05) is 16.6 Å². The first-order chi connectivity index (χ1) is 14.3. The predicted molar refractivity (Wildman–Crippen MR) is 109 cm³/mol. The smallest absolute Gasteiger partial charge is 0.262 e. The third-order valence-corrected chi connectivity index (χ3v) is 5.45. The van der Waals surface area contributed by atoms with Gasteiger partial charge >= 0.3 is 0 Å². The van der Waals surface area contributed by atoms with Crippen molar-refractivity contribution in [2.24, 2.45) is 0 Å². The second kappa shape index (κ2) is 8.91. The minimum atomic E-state index is -3.80. The molecule has 0 bridgehead atoms. The molecule has 0 saturated carbocycles. The van der Waals surface area contributed by atoms with Crippen LogP contribution >= 0.6 is 0 Å². The number of nitrogens with one attached hydrogen (secondary N) is 2. The Bertz CT molecular complexity index is 1150. The maximum absolute atomic E-state index is 13.6. The Labute approximate surface area is 172 Å². The summed E-state index contributed by atoms with van der Waals surface area (Å²) in [6.07, 6.45) is 0. The van der Waals surface area contributed by atoms with E-state index in [1.165, 1.54) is 24.3 Å². The summed E-state index contributed by atoms with van der Waals surface area (Å²) < 4.78 is 60.0. The van der Waals surface area contributed by atoms with E-state index >= 15 is 0 Å². The quantitative estimate of drug-likeness (QED) is 0.589. The Balaban J connectivity index is 1.66. The fourth-order valence-corrected chi connectivity index (χ4v) is 3.75. The molecule has 0 aliphatic carbocycles. The van der Waals surface area contributed by atoms with Gasteiger partial charge in [-0.3, -0.25) is 9.52 Å². The van der Waals surface area contributed by atoms with Gasteiger partial charge in [-0.1, -0.05) is 24.3 Å². The highest BCUT2D eigenvalue weighted by Gasteiger charge is 2.17. The molecule has 0 atom stereocenters. The first kappa shape index (κ1) is 21.3. The van der Waals surface area contributed by atoms with Crippen LogP contribution in [0.5, 0.6) is 5.75 Å². The average molecular weight is 432 g/mol. The largest absolute Gasteiger partial charge is 0.483 e. The van der Waals surface area contributed by atoms with Crippen LogP contribution in [-0.2, 0) is 14.8 Å². The van der Waals surface area contributed by atoms with Crippen LogP contribution in [0.25, 0.3) is 0 Å². The number of ether oxygens (including phenoxy) is 1. The monoisotopic (exact) mass is 432 g/mol. The lowest BCUT2D eigenvalue weighted by atomic mass is 10.2. The molecule has 30 heavy (non-hydrogen) atoms. The molecular formula is C21H18F2N2O4S. The summed E-state index contributed by atoms with van der Waals surface area (Å²) in [5.74, 6) is -2.31. The van der Waals surface area contributed by atoms with Crippen molar-refractivity contribution in [1.29, 1.82) is 0 Å². The number of carbonyl (C=O) groups is 1. The van der Waals surface area contributed by atoms with Crippen molar-refractivity contribution in [3.8, 4) is 5.75 Å². The number of aryl methyl sites for hydroxylation is 1. The topological polar surface area (TPSA) is 84.5 Å². The van der Waals surface area contributed by atoms with E-state index in [0.717, 1.165) is 12.1 Å². The molecule has 0 aromatic heterocycles. The van der Waals surface area contributed by atoms with Gasteiger partial charge in [0.25, 0.3) is 15.9 Å². The minimum absolute atomic E-state index is 0.0223. The lowest BCUT2D eigenvalue weighted by molar-refractivity contribution is -0.118. The van der Waals surface area contributed by atoms with Crippen LogP contribution in [0.4, 0.5) is 20.2 Å². The summed E-state index contributed by atoms with van der Waals surface area (Å²) in [6, 6.07) is 15.8. The van der Waals surface area contributed by atoms with Crippen molar-refractivity contribution in [3.63, 3.8) is 0 Å². The number of anilines is 2. The summed E-state index contributed by atoms with van der Waals surface area (Å²) >= 11 is 0. The summed E-state index contributed by atoms with van der Waals surface area (Å²) in [4.78, 5) is 12.0. The molecule has 0 aliphatic heterocycles. The molecule has 0 unspecified atom stereocenters. The van der Waals surface area contributed by atoms with Gasteiger partial charge in [0, 0.05) is 5.69 Å². The number of para-hydroxylation sites is 2. The zero-order valence-corrected chi connectivity index (χ0v) is 16.7. The van der Waals surface area contributed by atoms with Gasteiger partial charge in [0.15, 0.2) is 6.61 Å². The first-order valence-corrected chi connectivity index (χ1v) is 10.3. The number of amides is 1. The standard InChI is InChI=1S/C21H18F2N2O4S/c1-14-12-16(30(27,28)25-15-6-3-2-4-7-15)10-11-19(14)29-13-20(26)24-21-17(22)8-5-9-18(21)23/h2-12,25H,13H2,1H3,(H,24,26). The Hall–Kier alpha value is -3.46. The van der Waals surface area contributed by atoms with E-state index in [9.17, 15) is 22.0 Å². The Morgan fingerprint density at radius 3 is 2.27 bits per heavy atom. The third kappa shape index (κ3) is 5.12. The molecule has 0 saturated heterocycles. The van der Waals surface area contributed by atoms with E-state index in [0.29, 0.717) is 11.3 Å². The van der Waals surface area contributed by atoms with Gasteiger partial charge < -0.3 is 10.1 Å². The van der Waals surface area contributed by atoms with Gasteiger partial charge in [-0.05, 0) is 55.0 Å². The van der Waals surface area contributed by atoms with Crippen LogP contribution in [-0.4, -0.2) is 20.9 Å². The summed E-state index contributed by atoms with van der Waals surface area (Å²) in [7, 11) is -3.80. The number of carbonyl (C=O) groups excluding carboxylic acids is 1. The Morgan fingerprint density at radius 2 is 1.63 bits per heavy atom. The van der Waals surface area contributed by atoms with E-state index in [1.807, 2.05) is 0 Å². The fraction of sp³-hybridized carbons (Fsp3) is 0.0952. The van der Waals surface area contributed by atoms with Gasteiger partial charge in [0.2, 0.25) is 0 Å². The molecule has 156 valence electrons. The SMILES string of the molecule is Cc1cc(S(=O)(=O)Nc2ccccc2)ccc1OCC(=O)Nc1c(F)cccc1F. The predicted octanol–water partition coefficient (Wildman–Crippen LogP) is 4.09. The highest BCUT2D eigenvalue weighted by atomic mass is 32.2. The molecule has 0 spiro atoms. The molecule has 1 amide bonds. The third-order valence-electron chi connectivity index (χ3n) is 4.07. The zero-order valence-electron chi connectivity index (χ0n) is 15.9. The van der Waals surface area contributed by atoms with E-state index in [1.54, 1.807) is 37.3 Å². The molecule has 3 aromatic rings. The average Bonchev–Trinajstić information content (AvgIpc) is 2.70. The number of benzene rings is 3. The van der Waals surface area contributed by atoms with Crippen LogP contribution in [0.2, 0.25) is 0 Å². The van der Waals surface area contributed by atoms with Crippen molar-refractivity contribution < 1.29 is 26.7 Å². The zero-order chi connectivity index (χ0) is 21.7. The first-order valence-electron chi connectivity index (χ1n) is 8.81. The van der Waals surface area contributed by atoms with Crippen molar-refractivity contribution >= 4 is 27.3 Å². The molecule has 9 heteroatoms. The molecule has 0 fully saturated rings. The maximum atomic E-state index is 13.6. The number of halogens is 2. The van der Waals surface area contributed by atoms with Gasteiger partial charge in [-0.25, -0.2) is 17.2 Å². The van der Waals surface area contributed by atoms with E-state index in [4.69, 9.17) is 4.74 Å². The van der Waals surface area contributed by atoms with E-state index in [2.05, 4.69) is 10.0 Å². The van der Waals surface area contributed by atoms with Crippen molar-refractivity contribution in [3.05, 3.63) is 83.9 Å². The number of sulfonamides is 1. The van der Waals surface area contributed by atoms with Gasteiger partial charge in [-0.2, -0.15) is 0 Å². The summed E-state index contributed by atoms with van der Waals surface area (Å²) in [5, 5.41) is 2.11. The Morgan fingerprint density at radius 1 is 0.967 bits per heavy atom. The summed E-state index contributed by atoms with van der Waals surface area (Å²) in [5.41, 5.74) is 0.333. The normalized spacial score (nSPS) is 11.0. The van der Waals surface area contributed by atoms with Gasteiger partial charge in [0.1, 0.15) is 23.1 Å². The molecular weight excluding hydrogens is 414 g/mol. The molecule has 2 N–H and O–H groups in total. The maximum Gasteiger partial charge on any atom is 0.262 e. The van der Waals surface area contributed by atoms with Crippen LogP contribution in [0.3, 0.4) is 0 Å². The number of hydrogen-bond donors (Lipinski definition) is 2. The van der Waals surface area contributed by atoms with Crippen LogP contribution in [0.1, 0.15) is 5.56 Å². The van der Waals surface area contributed by atoms with Crippen LogP contribution in [0.15, 0.2) is 71.6 Å².